The maximum absolute atomic E-state index is 12.3. The Hall–Kier alpha value is -2.52. The van der Waals surface area contributed by atoms with Crippen LogP contribution >= 0.6 is 0 Å². The molecule has 1 aromatic rings. The Morgan fingerprint density at radius 2 is 1.93 bits per heavy atom. The number of quaternary nitrogens is 1. The van der Waals surface area contributed by atoms with E-state index in [9.17, 15) is 18.4 Å². The van der Waals surface area contributed by atoms with Crippen molar-refractivity contribution in [1.82, 2.24) is 10.2 Å². The largest absolute Gasteiger partial charge is 0.435 e. The maximum Gasteiger partial charge on any atom is 0.387 e. The van der Waals surface area contributed by atoms with Crippen LogP contribution in [0.25, 0.3) is 6.08 Å². The summed E-state index contributed by atoms with van der Waals surface area (Å²) in [5, 5.41) is 2.87. The van der Waals surface area contributed by atoms with E-state index in [4.69, 9.17) is 4.74 Å². The molecule has 2 rings (SSSR count). The zero-order chi connectivity index (χ0) is 21.1. The van der Waals surface area contributed by atoms with Crippen LogP contribution in [0.2, 0.25) is 0 Å². The first-order valence-electron chi connectivity index (χ1n) is 9.59. The molecular weight excluding hydrogens is 384 g/mol. The standard InChI is InChI=1S/C20H27F2N3O4/c1-28-14-2-9-23-18(26)15-24-10-12-25(13-11-24)19(27)8-5-16-3-6-17(7-4-16)29-20(21)22/h3-8,20H,2,9-15H2,1H3,(H,23,26)/p+1/b8-5+. The summed E-state index contributed by atoms with van der Waals surface area (Å²) in [6.45, 7) is 1.35. The zero-order valence-corrected chi connectivity index (χ0v) is 16.5. The Morgan fingerprint density at radius 3 is 2.55 bits per heavy atom. The molecule has 1 saturated heterocycles. The number of carbonyl (C=O) groups is 2. The van der Waals surface area contributed by atoms with Crippen LogP contribution in [0.4, 0.5) is 8.78 Å². The molecule has 1 aromatic carbocycles. The van der Waals surface area contributed by atoms with Gasteiger partial charge in [0.15, 0.2) is 6.54 Å². The second kappa shape index (κ2) is 12.1. The van der Waals surface area contributed by atoms with Crippen molar-refractivity contribution in [2.75, 3.05) is 53.0 Å². The van der Waals surface area contributed by atoms with Crippen molar-refractivity contribution in [3.8, 4) is 5.75 Å². The molecule has 2 amide bonds. The number of hydrogen-bond donors (Lipinski definition) is 2. The first-order valence-corrected chi connectivity index (χ1v) is 9.59. The number of carbonyl (C=O) groups excluding carboxylic acids is 2. The molecule has 0 unspecified atom stereocenters. The minimum absolute atomic E-state index is 0.00930. The predicted octanol–water partition coefficient (Wildman–Crippen LogP) is 0.181. The molecule has 1 aliphatic rings. The van der Waals surface area contributed by atoms with Crippen molar-refractivity contribution in [2.24, 2.45) is 0 Å². The van der Waals surface area contributed by atoms with Gasteiger partial charge in [-0.15, -0.1) is 0 Å². The van der Waals surface area contributed by atoms with Gasteiger partial charge >= 0.3 is 6.61 Å². The lowest BCUT2D eigenvalue weighted by Gasteiger charge is -2.31. The first kappa shape index (κ1) is 22.8. The van der Waals surface area contributed by atoms with E-state index in [0.717, 1.165) is 16.9 Å². The fourth-order valence-electron chi connectivity index (χ4n) is 2.99. The highest BCUT2D eigenvalue weighted by Gasteiger charge is 2.23. The van der Waals surface area contributed by atoms with Gasteiger partial charge in [-0.1, -0.05) is 12.1 Å². The van der Waals surface area contributed by atoms with Gasteiger partial charge < -0.3 is 24.6 Å². The van der Waals surface area contributed by atoms with Crippen molar-refractivity contribution < 1.29 is 32.7 Å². The molecule has 2 N–H and O–H groups in total. The molecule has 0 radical (unpaired) electrons. The third-order valence-corrected chi connectivity index (χ3v) is 4.56. The summed E-state index contributed by atoms with van der Waals surface area (Å²) in [5.41, 5.74) is 0.717. The summed E-state index contributed by atoms with van der Waals surface area (Å²) in [6.07, 6.45) is 3.89. The molecule has 0 spiro atoms. The highest BCUT2D eigenvalue weighted by Crippen LogP contribution is 2.15. The average molecular weight is 412 g/mol. The van der Waals surface area contributed by atoms with Crippen LogP contribution in [-0.2, 0) is 14.3 Å². The lowest BCUT2D eigenvalue weighted by Crippen LogP contribution is -3.15. The molecule has 0 atom stereocenters. The number of rotatable bonds is 10. The second-order valence-corrected chi connectivity index (χ2v) is 6.73. The molecule has 1 heterocycles. The van der Waals surface area contributed by atoms with E-state index in [1.807, 2.05) is 0 Å². The topological polar surface area (TPSA) is 72.3 Å². The summed E-state index contributed by atoms with van der Waals surface area (Å²) >= 11 is 0. The minimum Gasteiger partial charge on any atom is -0.435 e. The molecule has 9 heteroatoms. The molecule has 7 nitrogen and oxygen atoms in total. The Labute approximate surface area is 169 Å². The number of nitrogens with one attached hydrogen (secondary N) is 2. The molecule has 0 aromatic heterocycles. The number of methoxy groups -OCH3 is 1. The van der Waals surface area contributed by atoms with Crippen molar-refractivity contribution in [2.45, 2.75) is 13.0 Å². The second-order valence-electron chi connectivity index (χ2n) is 6.73. The van der Waals surface area contributed by atoms with Gasteiger partial charge in [-0.05, 0) is 30.2 Å². The lowest BCUT2D eigenvalue weighted by molar-refractivity contribution is -0.896. The molecule has 29 heavy (non-hydrogen) atoms. The molecular formula is C20H28F2N3O4+. The van der Waals surface area contributed by atoms with E-state index < -0.39 is 6.61 Å². The smallest absolute Gasteiger partial charge is 0.387 e. The van der Waals surface area contributed by atoms with Crippen LogP contribution in [-0.4, -0.2) is 76.3 Å². The van der Waals surface area contributed by atoms with Crippen LogP contribution in [0.1, 0.15) is 12.0 Å². The van der Waals surface area contributed by atoms with E-state index in [0.29, 0.717) is 45.9 Å². The maximum atomic E-state index is 12.3. The summed E-state index contributed by atoms with van der Waals surface area (Å²) in [5.74, 6) is -0.0266. The van der Waals surface area contributed by atoms with E-state index in [2.05, 4.69) is 10.1 Å². The van der Waals surface area contributed by atoms with E-state index in [-0.39, 0.29) is 17.6 Å². The third-order valence-electron chi connectivity index (χ3n) is 4.56. The normalized spacial score (nSPS) is 15.1. The number of halogens is 2. The zero-order valence-electron chi connectivity index (χ0n) is 16.5. The van der Waals surface area contributed by atoms with Crippen molar-refractivity contribution in [3.63, 3.8) is 0 Å². The summed E-state index contributed by atoms with van der Waals surface area (Å²) in [4.78, 5) is 27.1. The van der Waals surface area contributed by atoms with Gasteiger partial charge in [0.2, 0.25) is 5.91 Å². The monoisotopic (exact) mass is 412 g/mol. The fourth-order valence-corrected chi connectivity index (χ4v) is 2.99. The number of benzene rings is 1. The Morgan fingerprint density at radius 1 is 1.24 bits per heavy atom. The van der Waals surface area contributed by atoms with Crippen molar-refractivity contribution >= 4 is 17.9 Å². The van der Waals surface area contributed by atoms with Gasteiger partial charge in [0.1, 0.15) is 5.75 Å². The summed E-state index contributed by atoms with van der Waals surface area (Å²) in [6, 6.07) is 6.07. The summed E-state index contributed by atoms with van der Waals surface area (Å²) < 4.78 is 33.5. The minimum atomic E-state index is -2.86. The van der Waals surface area contributed by atoms with E-state index in [1.165, 1.54) is 18.2 Å². The van der Waals surface area contributed by atoms with Gasteiger partial charge in [0.25, 0.3) is 5.91 Å². The number of ether oxygens (including phenoxy) is 2. The van der Waals surface area contributed by atoms with Crippen LogP contribution in [0.5, 0.6) is 5.75 Å². The van der Waals surface area contributed by atoms with E-state index >= 15 is 0 Å². The molecule has 1 aliphatic heterocycles. The Kier molecular flexibility index (Phi) is 9.52. The highest BCUT2D eigenvalue weighted by molar-refractivity contribution is 5.91. The third kappa shape index (κ3) is 8.57. The van der Waals surface area contributed by atoms with Crippen LogP contribution < -0.4 is 15.0 Å². The quantitative estimate of drug-likeness (QED) is 0.425. The summed E-state index contributed by atoms with van der Waals surface area (Å²) in [7, 11) is 1.63. The molecule has 0 aliphatic carbocycles. The van der Waals surface area contributed by atoms with Crippen molar-refractivity contribution in [1.29, 1.82) is 0 Å². The SMILES string of the molecule is COCCCNC(=O)C[NH+]1CCN(C(=O)/C=C/c2ccc(OC(F)F)cc2)CC1. The van der Waals surface area contributed by atoms with Gasteiger partial charge in [-0.3, -0.25) is 9.59 Å². The van der Waals surface area contributed by atoms with Crippen LogP contribution in [0.15, 0.2) is 30.3 Å². The van der Waals surface area contributed by atoms with Gasteiger partial charge in [-0.25, -0.2) is 0 Å². The number of amides is 2. The highest BCUT2D eigenvalue weighted by atomic mass is 19.3. The Balaban J connectivity index is 1.71. The average Bonchev–Trinajstić information content (AvgIpc) is 2.70. The number of hydrogen-bond acceptors (Lipinski definition) is 4. The lowest BCUT2D eigenvalue weighted by atomic mass is 10.2. The van der Waals surface area contributed by atoms with Gasteiger partial charge in [-0.2, -0.15) is 8.78 Å². The number of piperazine rings is 1. The van der Waals surface area contributed by atoms with Gasteiger partial charge in [0, 0.05) is 26.3 Å². The van der Waals surface area contributed by atoms with Crippen molar-refractivity contribution in [3.05, 3.63) is 35.9 Å². The molecule has 0 saturated carbocycles. The predicted molar refractivity (Wildman–Crippen MR) is 104 cm³/mol. The van der Waals surface area contributed by atoms with Crippen LogP contribution in [0, 0.1) is 0 Å². The van der Waals surface area contributed by atoms with E-state index in [1.54, 1.807) is 30.2 Å². The number of alkyl halides is 2. The molecule has 0 bridgehead atoms. The first-order chi connectivity index (χ1) is 14.0. The Bertz CT molecular complexity index is 675. The number of nitrogens with zero attached hydrogens (tertiary/aromatic N) is 1. The fraction of sp³-hybridized carbons (Fsp3) is 0.500. The van der Waals surface area contributed by atoms with Crippen LogP contribution in [0.3, 0.4) is 0 Å². The van der Waals surface area contributed by atoms with Gasteiger partial charge in [0.05, 0.1) is 26.2 Å². The molecule has 1 fully saturated rings. The molecule has 160 valence electrons.